The summed E-state index contributed by atoms with van der Waals surface area (Å²) in [6.45, 7) is 4.54. The second kappa shape index (κ2) is 5.24. The molecule has 0 bridgehead atoms. The van der Waals surface area contributed by atoms with Crippen LogP contribution in [0.15, 0.2) is 4.99 Å². The summed E-state index contributed by atoms with van der Waals surface area (Å²) in [5.74, 6) is 2.11. The van der Waals surface area contributed by atoms with Gasteiger partial charge < -0.3 is 5.32 Å². The summed E-state index contributed by atoms with van der Waals surface area (Å²) in [7, 11) is 0. The molecule has 0 radical (unpaired) electrons. The van der Waals surface area contributed by atoms with E-state index in [0.717, 1.165) is 5.92 Å². The fraction of sp³-hybridized carbons (Fsp3) is 0.917. The zero-order valence-corrected chi connectivity index (χ0v) is 10.6. The Bertz CT molecular complexity index is 240. The molecule has 1 aliphatic carbocycles. The SMILES string of the molecule is CCC1CCCC(N=C2NC(C)CS2)C1. The normalized spacial score (nSPS) is 39.3. The van der Waals surface area contributed by atoms with Crippen molar-refractivity contribution >= 4 is 16.9 Å². The van der Waals surface area contributed by atoms with Gasteiger partial charge in [0.15, 0.2) is 5.17 Å². The van der Waals surface area contributed by atoms with Crippen molar-refractivity contribution in [2.24, 2.45) is 10.9 Å². The molecule has 86 valence electrons. The molecule has 1 saturated heterocycles. The van der Waals surface area contributed by atoms with Crippen LogP contribution < -0.4 is 5.32 Å². The van der Waals surface area contributed by atoms with Crippen LogP contribution in [0.1, 0.15) is 46.0 Å². The summed E-state index contributed by atoms with van der Waals surface area (Å²) in [5, 5.41) is 4.65. The maximum atomic E-state index is 4.85. The van der Waals surface area contributed by atoms with E-state index in [4.69, 9.17) is 4.99 Å². The van der Waals surface area contributed by atoms with E-state index in [1.807, 2.05) is 11.8 Å². The van der Waals surface area contributed by atoms with Gasteiger partial charge >= 0.3 is 0 Å². The first-order valence-corrected chi connectivity index (χ1v) is 7.23. The standard InChI is InChI=1S/C12H22N2S/c1-3-10-5-4-6-11(7-10)14-12-13-9(2)8-15-12/h9-11H,3-8H2,1-2H3,(H,13,14). The topological polar surface area (TPSA) is 24.4 Å². The van der Waals surface area contributed by atoms with Crippen LogP contribution in [0.2, 0.25) is 0 Å². The molecule has 2 fully saturated rings. The predicted octanol–water partition coefficient (Wildman–Crippen LogP) is 3.04. The minimum absolute atomic E-state index is 0.601. The third-order valence-corrected chi connectivity index (χ3v) is 4.64. The molecule has 1 N–H and O–H groups in total. The zero-order chi connectivity index (χ0) is 10.7. The Morgan fingerprint density at radius 3 is 3.00 bits per heavy atom. The van der Waals surface area contributed by atoms with E-state index in [1.54, 1.807) is 0 Å². The third kappa shape index (κ3) is 3.13. The number of nitrogens with one attached hydrogen (secondary N) is 1. The maximum absolute atomic E-state index is 4.85. The fourth-order valence-corrected chi connectivity index (χ4v) is 3.49. The van der Waals surface area contributed by atoms with Crippen LogP contribution in [-0.2, 0) is 0 Å². The van der Waals surface area contributed by atoms with Gasteiger partial charge in [0, 0.05) is 11.8 Å². The van der Waals surface area contributed by atoms with Crippen molar-refractivity contribution < 1.29 is 0 Å². The molecular weight excluding hydrogens is 204 g/mol. The second-order valence-corrected chi connectivity index (χ2v) is 5.89. The first-order valence-electron chi connectivity index (χ1n) is 6.25. The van der Waals surface area contributed by atoms with E-state index >= 15 is 0 Å². The van der Waals surface area contributed by atoms with Crippen molar-refractivity contribution in [3.05, 3.63) is 0 Å². The first-order chi connectivity index (χ1) is 7.28. The zero-order valence-electron chi connectivity index (χ0n) is 9.83. The molecule has 0 aromatic heterocycles. The fourth-order valence-electron chi connectivity index (χ4n) is 2.49. The van der Waals surface area contributed by atoms with E-state index in [9.17, 15) is 0 Å². The van der Waals surface area contributed by atoms with Gasteiger partial charge in [-0.2, -0.15) is 0 Å². The molecule has 1 saturated carbocycles. The molecule has 2 nitrogen and oxygen atoms in total. The summed E-state index contributed by atoms with van der Waals surface area (Å²) in [6.07, 6.45) is 6.75. The average Bonchev–Trinajstić information content (AvgIpc) is 2.64. The van der Waals surface area contributed by atoms with Crippen molar-refractivity contribution in [3.8, 4) is 0 Å². The summed E-state index contributed by atoms with van der Waals surface area (Å²) in [6, 6.07) is 1.21. The molecule has 1 aliphatic heterocycles. The van der Waals surface area contributed by atoms with Gasteiger partial charge in [0.2, 0.25) is 0 Å². The number of nitrogens with zero attached hydrogens (tertiary/aromatic N) is 1. The van der Waals surface area contributed by atoms with Gasteiger partial charge in [0.25, 0.3) is 0 Å². The summed E-state index contributed by atoms with van der Waals surface area (Å²) >= 11 is 1.89. The Morgan fingerprint density at radius 1 is 1.47 bits per heavy atom. The summed E-state index contributed by atoms with van der Waals surface area (Å²) in [4.78, 5) is 4.85. The van der Waals surface area contributed by atoms with Crippen molar-refractivity contribution in [2.45, 2.75) is 58.0 Å². The lowest BCUT2D eigenvalue weighted by Gasteiger charge is -2.26. The van der Waals surface area contributed by atoms with Gasteiger partial charge in [0.05, 0.1) is 6.04 Å². The monoisotopic (exact) mass is 226 g/mol. The highest BCUT2D eigenvalue weighted by molar-refractivity contribution is 8.14. The van der Waals surface area contributed by atoms with Gasteiger partial charge in [-0.3, -0.25) is 4.99 Å². The van der Waals surface area contributed by atoms with Crippen LogP contribution in [-0.4, -0.2) is 23.0 Å². The van der Waals surface area contributed by atoms with E-state index in [0.29, 0.717) is 12.1 Å². The Labute approximate surface area is 97.3 Å². The molecule has 3 heteroatoms. The lowest BCUT2D eigenvalue weighted by atomic mass is 9.84. The molecular formula is C12H22N2S. The number of amidine groups is 1. The third-order valence-electron chi connectivity index (χ3n) is 3.47. The molecule has 0 amide bonds. The Morgan fingerprint density at radius 2 is 2.33 bits per heavy atom. The van der Waals surface area contributed by atoms with Crippen molar-refractivity contribution in [3.63, 3.8) is 0 Å². The second-order valence-electron chi connectivity index (χ2n) is 4.89. The van der Waals surface area contributed by atoms with E-state index < -0.39 is 0 Å². The number of aliphatic imine (C=N–C) groups is 1. The number of rotatable bonds is 2. The molecule has 0 aromatic carbocycles. The van der Waals surface area contributed by atoms with Gasteiger partial charge in [-0.05, 0) is 25.7 Å². The van der Waals surface area contributed by atoms with Gasteiger partial charge in [-0.15, -0.1) is 0 Å². The number of hydrogen-bond acceptors (Lipinski definition) is 2. The molecule has 3 atom stereocenters. The lowest BCUT2D eigenvalue weighted by molar-refractivity contribution is 0.316. The number of hydrogen-bond donors (Lipinski definition) is 1. The van der Waals surface area contributed by atoms with Crippen molar-refractivity contribution in [1.29, 1.82) is 0 Å². The van der Waals surface area contributed by atoms with E-state index in [1.165, 1.54) is 43.0 Å². The van der Waals surface area contributed by atoms with E-state index in [-0.39, 0.29) is 0 Å². The molecule has 2 aliphatic rings. The Kier molecular flexibility index (Phi) is 3.95. The van der Waals surface area contributed by atoms with Crippen LogP contribution in [0.5, 0.6) is 0 Å². The Hall–Kier alpha value is -0.180. The minimum Gasteiger partial charge on any atom is -0.362 e. The highest BCUT2D eigenvalue weighted by Gasteiger charge is 2.22. The lowest BCUT2D eigenvalue weighted by Crippen LogP contribution is -2.26. The largest absolute Gasteiger partial charge is 0.362 e. The molecule has 15 heavy (non-hydrogen) atoms. The molecule has 0 aromatic rings. The minimum atomic E-state index is 0.601. The van der Waals surface area contributed by atoms with Crippen LogP contribution in [0.4, 0.5) is 0 Å². The molecule has 2 rings (SSSR count). The Balaban J connectivity index is 1.88. The molecule has 1 heterocycles. The van der Waals surface area contributed by atoms with Crippen LogP contribution in [0.25, 0.3) is 0 Å². The first kappa shape index (κ1) is 11.3. The summed E-state index contributed by atoms with van der Waals surface area (Å²) < 4.78 is 0. The quantitative estimate of drug-likeness (QED) is 0.782. The van der Waals surface area contributed by atoms with Crippen molar-refractivity contribution in [1.82, 2.24) is 5.32 Å². The summed E-state index contributed by atoms with van der Waals surface area (Å²) in [5.41, 5.74) is 0. The molecule has 0 spiro atoms. The van der Waals surface area contributed by atoms with Crippen LogP contribution in [0.3, 0.4) is 0 Å². The van der Waals surface area contributed by atoms with Crippen LogP contribution >= 0.6 is 11.8 Å². The van der Waals surface area contributed by atoms with E-state index in [2.05, 4.69) is 19.2 Å². The highest BCUT2D eigenvalue weighted by atomic mass is 32.2. The van der Waals surface area contributed by atoms with Gasteiger partial charge in [0.1, 0.15) is 0 Å². The highest BCUT2D eigenvalue weighted by Crippen LogP contribution is 2.29. The average molecular weight is 226 g/mol. The maximum Gasteiger partial charge on any atom is 0.157 e. The van der Waals surface area contributed by atoms with Crippen molar-refractivity contribution in [2.75, 3.05) is 5.75 Å². The number of thioether (sulfide) groups is 1. The molecule has 3 unspecified atom stereocenters. The van der Waals surface area contributed by atoms with Gasteiger partial charge in [-0.25, -0.2) is 0 Å². The van der Waals surface area contributed by atoms with Gasteiger partial charge in [-0.1, -0.05) is 37.9 Å². The van der Waals surface area contributed by atoms with Crippen LogP contribution in [0, 0.1) is 5.92 Å². The smallest absolute Gasteiger partial charge is 0.157 e. The predicted molar refractivity (Wildman–Crippen MR) is 68.5 cm³/mol.